The fraction of sp³-hybridized carbons (Fsp3) is 0.310. The number of hydrogen-bond donors (Lipinski definition) is 2. The first-order valence-corrected chi connectivity index (χ1v) is 13.3. The van der Waals surface area contributed by atoms with Gasteiger partial charge >= 0.3 is 0 Å². The number of benzene rings is 2. The molecule has 0 amide bonds. The van der Waals surface area contributed by atoms with Crippen LogP contribution in [0.1, 0.15) is 68.1 Å². The fourth-order valence-corrected chi connectivity index (χ4v) is 6.54. The van der Waals surface area contributed by atoms with Crippen LogP contribution in [0.2, 0.25) is 0 Å². The first-order valence-electron chi connectivity index (χ1n) is 12.5. The third-order valence-corrected chi connectivity index (χ3v) is 8.52. The van der Waals surface area contributed by atoms with E-state index < -0.39 is 0 Å². The number of imidazole rings is 2. The van der Waals surface area contributed by atoms with Gasteiger partial charge in [0.2, 0.25) is 0 Å². The molecule has 0 atom stereocenters. The van der Waals surface area contributed by atoms with Gasteiger partial charge in [-0.25, -0.2) is 9.97 Å². The zero-order valence-electron chi connectivity index (χ0n) is 20.5. The second kappa shape index (κ2) is 7.56. The van der Waals surface area contributed by atoms with Crippen LogP contribution in [0.25, 0.3) is 43.0 Å². The molecule has 4 heterocycles. The van der Waals surface area contributed by atoms with Crippen LogP contribution in [-0.2, 0) is 19.4 Å². The van der Waals surface area contributed by atoms with Crippen LogP contribution in [0.5, 0.6) is 5.75 Å². The smallest absolute Gasteiger partial charge is 0.132 e. The summed E-state index contributed by atoms with van der Waals surface area (Å²) in [7, 11) is 0. The number of hydrogen-bond acceptors (Lipinski definition) is 4. The summed E-state index contributed by atoms with van der Waals surface area (Å²) in [6.45, 7) is 9.22. The summed E-state index contributed by atoms with van der Waals surface area (Å²) < 4.78 is 7.53. The number of nitrogens with one attached hydrogen (secondary N) is 2. The lowest BCUT2D eigenvalue weighted by atomic mass is 9.91. The quantitative estimate of drug-likeness (QED) is 0.280. The molecule has 2 aromatic carbocycles. The lowest BCUT2D eigenvalue weighted by Gasteiger charge is -2.17. The van der Waals surface area contributed by atoms with Crippen LogP contribution < -0.4 is 4.74 Å². The molecule has 5 aromatic rings. The predicted molar refractivity (Wildman–Crippen MR) is 142 cm³/mol. The molecule has 1 aliphatic carbocycles. The van der Waals surface area contributed by atoms with Gasteiger partial charge in [-0.3, -0.25) is 0 Å². The van der Waals surface area contributed by atoms with Crippen molar-refractivity contribution >= 4 is 21.4 Å². The van der Waals surface area contributed by atoms with Gasteiger partial charge < -0.3 is 14.7 Å². The van der Waals surface area contributed by atoms with Crippen molar-refractivity contribution in [3.63, 3.8) is 0 Å². The molecule has 0 spiro atoms. The summed E-state index contributed by atoms with van der Waals surface area (Å²) >= 11 is 1.89. The Morgan fingerprint density at radius 1 is 0.829 bits per heavy atom. The number of fused-ring (bicyclic) bond motifs is 8. The van der Waals surface area contributed by atoms with E-state index in [1.807, 2.05) is 11.3 Å². The maximum Gasteiger partial charge on any atom is 0.132 e. The lowest BCUT2D eigenvalue weighted by Crippen LogP contribution is -2.05. The van der Waals surface area contributed by atoms with Gasteiger partial charge in [0.25, 0.3) is 0 Å². The van der Waals surface area contributed by atoms with Gasteiger partial charge in [-0.15, -0.1) is 11.3 Å². The third-order valence-electron chi connectivity index (χ3n) is 7.26. The molecule has 0 unspecified atom stereocenters. The number of rotatable bonds is 3. The van der Waals surface area contributed by atoms with Crippen molar-refractivity contribution in [2.75, 3.05) is 0 Å². The first kappa shape index (κ1) is 20.9. The van der Waals surface area contributed by atoms with Crippen LogP contribution in [0.3, 0.4) is 0 Å². The summed E-state index contributed by atoms with van der Waals surface area (Å²) in [6.07, 6.45) is 2.03. The molecule has 0 radical (unpaired) electrons. The van der Waals surface area contributed by atoms with Gasteiger partial charge in [-0.1, -0.05) is 45.9 Å². The molecular formula is C29H28N4OS. The summed E-state index contributed by atoms with van der Waals surface area (Å²) in [5.41, 5.74) is 9.58. The van der Waals surface area contributed by atoms with Crippen molar-refractivity contribution < 1.29 is 4.74 Å². The SMILES string of the molecule is CC(C)c1nc2c([nH]1)-c1ccc(-c3cc4ccc5c(c4s3)CCc3nc(C(C)C)[nH]c3-5)cc1OC2. The Morgan fingerprint density at radius 2 is 1.54 bits per heavy atom. The minimum atomic E-state index is 0.364. The van der Waals surface area contributed by atoms with Crippen molar-refractivity contribution in [1.29, 1.82) is 0 Å². The van der Waals surface area contributed by atoms with E-state index in [1.54, 1.807) is 0 Å². The molecule has 1 aliphatic heterocycles. The van der Waals surface area contributed by atoms with Crippen LogP contribution in [0.15, 0.2) is 36.4 Å². The minimum absolute atomic E-state index is 0.364. The zero-order valence-corrected chi connectivity index (χ0v) is 21.3. The Kier molecular flexibility index (Phi) is 4.52. The average molecular weight is 481 g/mol. The van der Waals surface area contributed by atoms with E-state index in [-0.39, 0.29) is 0 Å². The fourth-order valence-electron chi connectivity index (χ4n) is 5.31. The van der Waals surface area contributed by atoms with Gasteiger partial charge in [-0.05, 0) is 47.6 Å². The van der Waals surface area contributed by atoms with Crippen LogP contribution in [-0.4, -0.2) is 19.9 Å². The molecule has 2 N–H and O–H groups in total. The molecule has 3 aromatic heterocycles. The highest BCUT2D eigenvalue weighted by Crippen LogP contribution is 2.45. The second-order valence-corrected chi connectivity index (χ2v) is 11.4. The molecule has 2 aliphatic rings. The van der Waals surface area contributed by atoms with E-state index in [0.717, 1.165) is 47.2 Å². The Bertz CT molecular complexity index is 1620. The minimum Gasteiger partial charge on any atom is -0.486 e. The number of thiophene rings is 1. The maximum atomic E-state index is 6.14. The summed E-state index contributed by atoms with van der Waals surface area (Å²) in [6, 6.07) is 13.4. The van der Waals surface area contributed by atoms with E-state index in [4.69, 9.17) is 14.7 Å². The zero-order chi connectivity index (χ0) is 23.8. The molecule has 6 heteroatoms. The number of aromatic nitrogens is 4. The number of aryl methyl sites for hydroxylation is 2. The first-order chi connectivity index (χ1) is 17.0. The van der Waals surface area contributed by atoms with Crippen molar-refractivity contribution in [2.24, 2.45) is 0 Å². The van der Waals surface area contributed by atoms with Crippen molar-refractivity contribution in [2.45, 2.75) is 59.0 Å². The van der Waals surface area contributed by atoms with Crippen molar-refractivity contribution in [3.8, 4) is 38.7 Å². The molecule has 0 saturated heterocycles. The standard InChI is InChI=1S/C29H28N4OS/c1-14(2)28-30-21-10-9-19-18(25(21)32-28)7-6-17-12-24(35-27(17)19)16-5-8-20-23(11-16)34-13-22-26(20)33-29(31-22)15(3)4/h5-8,11-12,14-15H,9-10,13H2,1-4H3,(H,30,32)(H,31,33). The highest BCUT2D eigenvalue weighted by atomic mass is 32.1. The molecule has 35 heavy (non-hydrogen) atoms. The molecular weight excluding hydrogens is 452 g/mol. The predicted octanol–water partition coefficient (Wildman–Crippen LogP) is 7.59. The third kappa shape index (κ3) is 3.19. The van der Waals surface area contributed by atoms with Gasteiger partial charge in [0.15, 0.2) is 0 Å². The summed E-state index contributed by atoms with van der Waals surface area (Å²) in [5.74, 6) is 3.80. The van der Waals surface area contributed by atoms with Crippen molar-refractivity contribution in [3.05, 3.63) is 65.0 Å². The average Bonchev–Trinajstić information content (AvgIpc) is 3.59. The highest BCUT2D eigenvalue weighted by molar-refractivity contribution is 7.22. The topological polar surface area (TPSA) is 66.6 Å². The Hall–Kier alpha value is -3.38. The second-order valence-electron chi connectivity index (χ2n) is 10.3. The Morgan fingerprint density at radius 3 is 2.31 bits per heavy atom. The molecule has 5 nitrogen and oxygen atoms in total. The van der Waals surface area contributed by atoms with Crippen LogP contribution in [0.4, 0.5) is 0 Å². The highest BCUT2D eigenvalue weighted by Gasteiger charge is 2.25. The molecule has 7 rings (SSSR count). The maximum absolute atomic E-state index is 6.14. The van der Waals surface area contributed by atoms with Gasteiger partial charge in [0, 0.05) is 32.5 Å². The Labute approximate surface area is 208 Å². The van der Waals surface area contributed by atoms with E-state index in [2.05, 4.69) is 74.1 Å². The van der Waals surface area contributed by atoms with Gasteiger partial charge in [0.1, 0.15) is 29.7 Å². The normalized spacial score (nSPS) is 14.1. The van der Waals surface area contributed by atoms with E-state index in [0.29, 0.717) is 18.4 Å². The van der Waals surface area contributed by atoms with Gasteiger partial charge in [0.05, 0.1) is 17.1 Å². The van der Waals surface area contributed by atoms with Gasteiger partial charge in [-0.2, -0.15) is 0 Å². The van der Waals surface area contributed by atoms with Crippen LogP contribution in [0, 0.1) is 0 Å². The van der Waals surface area contributed by atoms with E-state index in [9.17, 15) is 0 Å². The monoisotopic (exact) mass is 480 g/mol. The molecule has 0 bridgehead atoms. The summed E-state index contributed by atoms with van der Waals surface area (Å²) in [4.78, 5) is 18.0. The van der Waals surface area contributed by atoms with E-state index in [1.165, 1.54) is 43.0 Å². The largest absolute Gasteiger partial charge is 0.486 e. The number of aromatic amines is 2. The number of ether oxygens (including phenoxy) is 1. The molecule has 0 saturated carbocycles. The van der Waals surface area contributed by atoms with Crippen molar-refractivity contribution in [1.82, 2.24) is 19.9 Å². The lowest BCUT2D eigenvalue weighted by molar-refractivity contribution is 0.298. The van der Waals surface area contributed by atoms with E-state index >= 15 is 0 Å². The number of H-pyrrole nitrogens is 2. The Balaban J connectivity index is 1.29. The van der Waals surface area contributed by atoms with Crippen LogP contribution >= 0.6 is 11.3 Å². The molecule has 176 valence electrons. The summed E-state index contributed by atoms with van der Waals surface area (Å²) in [5, 5.41) is 1.31. The molecule has 0 fully saturated rings. The number of nitrogens with zero attached hydrogens (tertiary/aromatic N) is 2.